The highest BCUT2D eigenvalue weighted by molar-refractivity contribution is 5.37. The maximum atomic E-state index is 5.58. The quantitative estimate of drug-likeness (QED) is 0.836. The molecule has 0 saturated carbocycles. The van der Waals surface area contributed by atoms with Crippen LogP contribution in [0.3, 0.4) is 0 Å². The van der Waals surface area contributed by atoms with Gasteiger partial charge in [-0.3, -0.25) is 0 Å². The van der Waals surface area contributed by atoms with Crippen LogP contribution in [0.25, 0.3) is 0 Å². The summed E-state index contributed by atoms with van der Waals surface area (Å²) in [4.78, 5) is 0. The second kappa shape index (κ2) is 4.44. The molecule has 0 aromatic heterocycles. The lowest BCUT2D eigenvalue weighted by atomic mass is 9.88. The molecular weight excluding hydrogens is 202 g/mol. The molecule has 0 bridgehead atoms. The van der Waals surface area contributed by atoms with Gasteiger partial charge in [0.2, 0.25) is 0 Å². The predicted octanol–water partition coefficient (Wildman–Crippen LogP) is 1.53. The summed E-state index contributed by atoms with van der Waals surface area (Å²) >= 11 is 0. The summed E-state index contributed by atoms with van der Waals surface area (Å²) in [7, 11) is 3.50. The Morgan fingerprint density at radius 2 is 2.06 bits per heavy atom. The summed E-state index contributed by atoms with van der Waals surface area (Å²) in [5.74, 6) is 0.955. The molecule has 88 valence electrons. The summed E-state index contributed by atoms with van der Waals surface area (Å²) in [6, 6.07) is 6.36. The summed E-state index contributed by atoms with van der Waals surface area (Å²) in [5.41, 5.74) is 2.43. The van der Waals surface area contributed by atoms with Crippen LogP contribution in [0.2, 0.25) is 0 Å². The number of hydrogen-bond acceptors (Lipinski definition) is 3. The zero-order valence-corrected chi connectivity index (χ0v) is 10.2. The van der Waals surface area contributed by atoms with Crippen molar-refractivity contribution in [3.05, 3.63) is 29.3 Å². The van der Waals surface area contributed by atoms with E-state index in [4.69, 9.17) is 9.47 Å². The molecule has 0 radical (unpaired) electrons. The van der Waals surface area contributed by atoms with E-state index >= 15 is 0 Å². The Labute approximate surface area is 96.8 Å². The molecule has 1 aliphatic heterocycles. The van der Waals surface area contributed by atoms with Crippen LogP contribution in [0, 0.1) is 6.92 Å². The molecule has 0 unspecified atom stereocenters. The van der Waals surface area contributed by atoms with Gasteiger partial charge in [-0.2, -0.15) is 0 Å². The third-order valence-corrected chi connectivity index (χ3v) is 3.33. The smallest absolute Gasteiger partial charge is 0.122 e. The second-order valence-corrected chi connectivity index (χ2v) is 4.47. The van der Waals surface area contributed by atoms with Crippen LogP contribution >= 0.6 is 0 Å². The summed E-state index contributed by atoms with van der Waals surface area (Å²) in [5, 5.41) is 3.26. The minimum atomic E-state index is -0.0136. The van der Waals surface area contributed by atoms with Gasteiger partial charge in [0.05, 0.1) is 12.7 Å². The Morgan fingerprint density at radius 1 is 1.31 bits per heavy atom. The predicted molar refractivity (Wildman–Crippen MR) is 64.0 cm³/mol. The van der Waals surface area contributed by atoms with Crippen LogP contribution in [-0.4, -0.2) is 32.9 Å². The second-order valence-electron chi connectivity index (χ2n) is 4.47. The summed E-state index contributed by atoms with van der Waals surface area (Å²) < 4.78 is 10.9. The molecule has 2 rings (SSSR count). The van der Waals surface area contributed by atoms with Crippen molar-refractivity contribution in [3.8, 4) is 5.75 Å². The van der Waals surface area contributed by atoms with Crippen LogP contribution in [0.15, 0.2) is 18.2 Å². The van der Waals surface area contributed by atoms with Gasteiger partial charge in [-0.1, -0.05) is 12.1 Å². The maximum Gasteiger partial charge on any atom is 0.122 e. The zero-order chi connectivity index (χ0) is 11.6. The van der Waals surface area contributed by atoms with Crippen LogP contribution in [0.4, 0.5) is 0 Å². The van der Waals surface area contributed by atoms with Gasteiger partial charge in [0, 0.05) is 26.6 Å². The number of methoxy groups -OCH3 is 2. The van der Waals surface area contributed by atoms with Crippen molar-refractivity contribution in [2.24, 2.45) is 0 Å². The lowest BCUT2D eigenvalue weighted by Crippen LogP contribution is -2.61. The average Bonchev–Trinajstić information content (AvgIpc) is 2.25. The van der Waals surface area contributed by atoms with E-state index in [0.717, 1.165) is 25.3 Å². The van der Waals surface area contributed by atoms with Gasteiger partial charge in [0.1, 0.15) is 5.75 Å². The number of hydrogen-bond donors (Lipinski definition) is 1. The zero-order valence-electron chi connectivity index (χ0n) is 10.2. The van der Waals surface area contributed by atoms with E-state index in [1.165, 1.54) is 11.1 Å². The molecule has 1 saturated heterocycles. The highest BCUT2D eigenvalue weighted by Crippen LogP contribution is 2.25. The first-order valence-electron chi connectivity index (χ1n) is 5.58. The molecule has 16 heavy (non-hydrogen) atoms. The molecule has 0 spiro atoms. The van der Waals surface area contributed by atoms with E-state index in [0.29, 0.717) is 0 Å². The van der Waals surface area contributed by atoms with E-state index in [2.05, 4.69) is 30.4 Å². The molecule has 1 fully saturated rings. The van der Waals surface area contributed by atoms with E-state index in [1.54, 1.807) is 14.2 Å². The van der Waals surface area contributed by atoms with E-state index in [-0.39, 0.29) is 5.60 Å². The molecule has 1 N–H and O–H groups in total. The van der Waals surface area contributed by atoms with Crippen LogP contribution in [0.1, 0.15) is 11.1 Å². The third kappa shape index (κ3) is 2.06. The van der Waals surface area contributed by atoms with Crippen molar-refractivity contribution in [2.75, 3.05) is 27.3 Å². The van der Waals surface area contributed by atoms with Gasteiger partial charge >= 0.3 is 0 Å². The fourth-order valence-corrected chi connectivity index (χ4v) is 2.09. The molecule has 0 atom stereocenters. The number of rotatable bonds is 4. The first kappa shape index (κ1) is 11.4. The van der Waals surface area contributed by atoms with Gasteiger partial charge in [-0.05, 0) is 24.1 Å². The Bertz CT molecular complexity index is 367. The number of benzene rings is 1. The molecule has 3 nitrogen and oxygen atoms in total. The Hall–Kier alpha value is -1.06. The summed E-state index contributed by atoms with van der Waals surface area (Å²) in [6.07, 6.45) is 0.938. The van der Waals surface area contributed by atoms with Crippen molar-refractivity contribution in [3.63, 3.8) is 0 Å². The molecule has 1 heterocycles. The molecule has 1 aromatic rings. The minimum Gasteiger partial charge on any atom is -0.496 e. The SMILES string of the molecule is COc1cc(CC2(OC)CNC2)ccc1C. The molecule has 1 aliphatic rings. The highest BCUT2D eigenvalue weighted by atomic mass is 16.5. The highest BCUT2D eigenvalue weighted by Gasteiger charge is 2.36. The van der Waals surface area contributed by atoms with Crippen LogP contribution in [-0.2, 0) is 11.2 Å². The number of ether oxygens (including phenoxy) is 2. The van der Waals surface area contributed by atoms with Crippen LogP contribution < -0.4 is 10.1 Å². The molecule has 1 aromatic carbocycles. The monoisotopic (exact) mass is 221 g/mol. The van der Waals surface area contributed by atoms with Crippen molar-refractivity contribution >= 4 is 0 Å². The van der Waals surface area contributed by atoms with Crippen molar-refractivity contribution in [1.82, 2.24) is 5.32 Å². The Kier molecular flexibility index (Phi) is 3.17. The van der Waals surface area contributed by atoms with Gasteiger partial charge in [0.25, 0.3) is 0 Å². The minimum absolute atomic E-state index is 0.0136. The van der Waals surface area contributed by atoms with Gasteiger partial charge in [-0.15, -0.1) is 0 Å². The first-order valence-corrected chi connectivity index (χ1v) is 5.58. The average molecular weight is 221 g/mol. The van der Waals surface area contributed by atoms with Gasteiger partial charge in [0.15, 0.2) is 0 Å². The molecule has 3 heteroatoms. The molecule has 0 aliphatic carbocycles. The fourth-order valence-electron chi connectivity index (χ4n) is 2.09. The normalized spacial score (nSPS) is 17.9. The van der Waals surface area contributed by atoms with Gasteiger partial charge < -0.3 is 14.8 Å². The lowest BCUT2D eigenvalue weighted by molar-refractivity contribution is -0.0502. The Balaban J connectivity index is 2.15. The third-order valence-electron chi connectivity index (χ3n) is 3.33. The lowest BCUT2D eigenvalue weighted by Gasteiger charge is -2.41. The van der Waals surface area contributed by atoms with Crippen molar-refractivity contribution in [2.45, 2.75) is 18.9 Å². The fraction of sp³-hybridized carbons (Fsp3) is 0.538. The van der Waals surface area contributed by atoms with E-state index in [1.807, 2.05) is 0 Å². The van der Waals surface area contributed by atoms with Crippen molar-refractivity contribution in [1.29, 1.82) is 0 Å². The van der Waals surface area contributed by atoms with Crippen molar-refractivity contribution < 1.29 is 9.47 Å². The first-order chi connectivity index (χ1) is 7.69. The molecule has 0 amide bonds. The maximum absolute atomic E-state index is 5.58. The number of aryl methyl sites for hydroxylation is 1. The Morgan fingerprint density at radius 3 is 2.56 bits per heavy atom. The standard InChI is InChI=1S/C13H19NO2/c1-10-4-5-11(6-12(10)15-2)7-13(16-3)8-14-9-13/h4-6,14H,7-9H2,1-3H3. The topological polar surface area (TPSA) is 30.5 Å². The largest absolute Gasteiger partial charge is 0.496 e. The summed E-state index contributed by atoms with van der Waals surface area (Å²) in [6.45, 7) is 3.92. The van der Waals surface area contributed by atoms with Crippen LogP contribution in [0.5, 0.6) is 5.75 Å². The van der Waals surface area contributed by atoms with E-state index < -0.39 is 0 Å². The van der Waals surface area contributed by atoms with Gasteiger partial charge in [-0.25, -0.2) is 0 Å². The number of nitrogens with one attached hydrogen (secondary N) is 1. The molecular formula is C13H19NO2. The van der Waals surface area contributed by atoms with E-state index in [9.17, 15) is 0 Å².